The van der Waals surface area contributed by atoms with Gasteiger partial charge in [0.05, 0.1) is 6.21 Å². The van der Waals surface area contributed by atoms with Gasteiger partial charge in [0.2, 0.25) is 0 Å². The summed E-state index contributed by atoms with van der Waals surface area (Å²) in [5.41, 5.74) is 1.18. The molecule has 15 heavy (non-hydrogen) atoms. The van der Waals surface area contributed by atoms with Crippen LogP contribution in [0, 0.1) is 12.8 Å². The van der Waals surface area contributed by atoms with Crippen LogP contribution >= 0.6 is 0 Å². The largest absolute Gasteiger partial charge is 0.586 e. The van der Waals surface area contributed by atoms with Crippen molar-refractivity contribution >= 4 is 17.6 Å². The van der Waals surface area contributed by atoms with E-state index in [1.165, 1.54) is 24.8 Å². The summed E-state index contributed by atoms with van der Waals surface area (Å²) >= 11 is -1.21. The van der Waals surface area contributed by atoms with Crippen LogP contribution in [0.3, 0.4) is 0 Å². The number of rotatable bonds is 3. The third kappa shape index (κ3) is 2.83. The second kappa shape index (κ2) is 4.81. The topological polar surface area (TPSA) is 35.4 Å². The highest BCUT2D eigenvalue weighted by Gasteiger charge is 2.17. The fourth-order valence-corrected chi connectivity index (χ4v) is 2.22. The smallest absolute Gasteiger partial charge is 0.182 e. The molecule has 1 aromatic carbocycles. The first-order chi connectivity index (χ1) is 7.25. The lowest BCUT2D eigenvalue weighted by Gasteiger charge is -2.19. The third-order valence-corrected chi connectivity index (χ3v) is 3.73. The Kier molecular flexibility index (Phi) is 3.44. The Morgan fingerprint density at radius 3 is 2.53 bits per heavy atom. The Hall–Kier alpha value is -0.800. The molecule has 2 nitrogen and oxygen atoms in total. The molecule has 0 aliphatic heterocycles. The van der Waals surface area contributed by atoms with Gasteiger partial charge in [0.25, 0.3) is 0 Å². The fourth-order valence-electron chi connectivity index (χ4n) is 1.45. The molecule has 0 N–H and O–H groups in total. The van der Waals surface area contributed by atoms with E-state index in [-0.39, 0.29) is 0 Å². The summed E-state index contributed by atoms with van der Waals surface area (Å²) in [7, 11) is 0. The van der Waals surface area contributed by atoms with E-state index in [0.717, 1.165) is 4.90 Å². The van der Waals surface area contributed by atoms with E-state index in [2.05, 4.69) is 4.40 Å². The van der Waals surface area contributed by atoms with Crippen LogP contribution in [0.15, 0.2) is 33.6 Å². The molecule has 0 saturated heterocycles. The summed E-state index contributed by atoms with van der Waals surface area (Å²) in [6.45, 7) is 2.02. The van der Waals surface area contributed by atoms with E-state index in [4.69, 9.17) is 0 Å². The van der Waals surface area contributed by atoms with Crippen LogP contribution in [0.5, 0.6) is 0 Å². The normalized spacial score (nSPS) is 19.1. The standard InChI is InChI=1S/C12H15NOS/c1-10-5-7-12(8-6-10)15(14)13-9-11-3-2-4-11/h5-9,11H,2-4H2,1H3. The molecule has 0 heterocycles. The zero-order chi connectivity index (χ0) is 10.7. The lowest BCUT2D eigenvalue weighted by molar-refractivity contribution is 0.421. The van der Waals surface area contributed by atoms with Crippen LogP contribution in [-0.2, 0) is 11.4 Å². The van der Waals surface area contributed by atoms with Gasteiger partial charge in [-0.1, -0.05) is 28.5 Å². The Morgan fingerprint density at radius 2 is 2.00 bits per heavy atom. The molecule has 0 spiro atoms. The lowest BCUT2D eigenvalue weighted by Crippen LogP contribution is -2.13. The van der Waals surface area contributed by atoms with E-state index < -0.39 is 11.4 Å². The molecule has 1 unspecified atom stereocenters. The van der Waals surface area contributed by atoms with Crippen molar-refractivity contribution in [3.63, 3.8) is 0 Å². The minimum Gasteiger partial charge on any atom is -0.586 e. The van der Waals surface area contributed by atoms with Crippen LogP contribution < -0.4 is 0 Å². The van der Waals surface area contributed by atoms with Crippen molar-refractivity contribution in [3.05, 3.63) is 29.8 Å². The maximum atomic E-state index is 11.7. The molecule has 1 atom stereocenters. The zero-order valence-corrected chi connectivity index (χ0v) is 9.67. The van der Waals surface area contributed by atoms with Crippen molar-refractivity contribution < 1.29 is 4.55 Å². The van der Waals surface area contributed by atoms with Crippen molar-refractivity contribution in [2.24, 2.45) is 10.3 Å². The van der Waals surface area contributed by atoms with Crippen molar-refractivity contribution in [3.8, 4) is 0 Å². The predicted octanol–water partition coefficient (Wildman–Crippen LogP) is 2.89. The van der Waals surface area contributed by atoms with Gasteiger partial charge in [-0.2, -0.15) is 0 Å². The molecule has 1 saturated carbocycles. The highest BCUT2D eigenvalue weighted by molar-refractivity contribution is 7.90. The molecule has 0 bridgehead atoms. The van der Waals surface area contributed by atoms with Crippen LogP contribution in [-0.4, -0.2) is 10.8 Å². The highest BCUT2D eigenvalue weighted by Crippen LogP contribution is 2.25. The van der Waals surface area contributed by atoms with E-state index >= 15 is 0 Å². The van der Waals surface area contributed by atoms with Gasteiger partial charge < -0.3 is 4.55 Å². The first-order valence-corrected chi connectivity index (χ1v) is 6.39. The molecule has 1 aliphatic rings. The number of nitrogens with zero attached hydrogens (tertiary/aromatic N) is 1. The van der Waals surface area contributed by atoms with Crippen molar-refractivity contribution in [2.75, 3.05) is 0 Å². The van der Waals surface area contributed by atoms with Gasteiger partial charge in [-0.15, -0.1) is 0 Å². The van der Waals surface area contributed by atoms with E-state index in [0.29, 0.717) is 5.92 Å². The van der Waals surface area contributed by atoms with E-state index in [1.54, 1.807) is 0 Å². The van der Waals surface area contributed by atoms with Crippen molar-refractivity contribution in [1.82, 2.24) is 0 Å². The quantitative estimate of drug-likeness (QED) is 0.571. The number of aryl methyl sites for hydroxylation is 1. The summed E-state index contributed by atoms with van der Waals surface area (Å²) in [6.07, 6.45) is 5.55. The molecule has 0 radical (unpaired) electrons. The minimum atomic E-state index is -1.21. The second-order valence-corrected chi connectivity index (χ2v) is 5.19. The average Bonchev–Trinajstić information content (AvgIpc) is 2.16. The summed E-state index contributed by atoms with van der Waals surface area (Å²) in [6, 6.07) is 7.69. The van der Waals surface area contributed by atoms with Gasteiger partial charge in [0.15, 0.2) is 4.90 Å². The Labute approximate surface area is 93.7 Å². The van der Waals surface area contributed by atoms with Crippen molar-refractivity contribution in [1.29, 1.82) is 0 Å². The summed E-state index contributed by atoms with van der Waals surface area (Å²) in [5.74, 6) is 0.569. The fraction of sp³-hybridized carbons (Fsp3) is 0.417. The number of hydrogen-bond acceptors (Lipinski definition) is 2. The molecule has 80 valence electrons. The lowest BCUT2D eigenvalue weighted by atomic mass is 9.87. The van der Waals surface area contributed by atoms with Crippen LogP contribution in [0.2, 0.25) is 0 Å². The maximum absolute atomic E-state index is 11.7. The second-order valence-electron chi connectivity index (χ2n) is 4.01. The molecule has 2 rings (SSSR count). The number of hydrogen-bond donors (Lipinski definition) is 0. The van der Waals surface area contributed by atoms with Crippen LogP contribution in [0.25, 0.3) is 0 Å². The highest BCUT2D eigenvalue weighted by atomic mass is 32.2. The Balaban J connectivity index is 1.97. The molecule has 1 aromatic rings. The van der Waals surface area contributed by atoms with Gasteiger partial charge in [-0.25, -0.2) is 0 Å². The Bertz CT molecular complexity index is 343. The first kappa shape index (κ1) is 10.7. The minimum absolute atomic E-state index is 0.569. The van der Waals surface area contributed by atoms with Crippen LogP contribution in [0.1, 0.15) is 24.8 Å². The first-order valence-electron chi connectivity index (χ1n) is 5.28. The summed E-state index contributed by atoms with van der Waals surface area (Å²) in [5, 5.41) is 0. The van der Waals surface area contributed by atoms with Gasteiger partial charge in [-0.05, 0) is 37.8 Å². The molecule has 1 aliphatic carbocycles. The Morgan fingerprint density at radius 1 is 1.33 bits per heavy atom. The average molecular weight is 221 g/mol. The van der Waals surface area contributed by atoms with Gasteiger partial charge in [0, 0.05) is 0 Å². The van der Waals surface area contributed by atoms with Gasteiger partial charge in [0.1, 0.15) is 11.4 Å². The molecule has 0 aromatic heterocycles. The zero-order valence-electron chi connectivity index (χ0n) is 8.85. The molecule has 1 fully saturated rings. The molecular weight excluding hydrogens is 206 g/mol. The summed E-state index contributed by atoms with van der Waals surface area (Å²) < 4.78 is 15.8. The SMILES string of the molecule is Cc1ccc([S+]([O-])N=CC2CCC2)cc1. The van der Waals surface area contributed by atoms with E-state index in [1.807, 2.05) is 37.4 Å². The maximum Gasteiger partial charge on any atom is 0.182 e. The van der Waals surface area contributed by atoms with Gasteiger partial charge >= 0.3 is 0 Å². The molecular formula is C12H15NOS. The van der Waals surface area contributed by atoms with Crippen LogP contribution in [0.4, 0.5) is 0 Å². The molecule has 0 amide bonds. The number of benzene rings is 1. The molecule has 3 heteroatoms. The van der Waals surface area contributed by atoms with Crippen molar-refractivity contribution in [2.45, 2.75) is 31.1 Å². The van der Waals surface area contributed by atoms with E-state index in [9.17, 15) is 4.55 Å². The summed E-state index contributed by atoms with van der Waals surface area (Å²) in [4.78, 5) is 0.788. The monoisotopic (exact) mass is 221 g/mol. The predicted molar refractivity (Wildman–Crippen MR) is 63.4 cm³/mol. The third-order valence-electron chi connectivity index (χ3n) is 2.74. The van der Waals surface area contributed by atoms with Gasteiger partial charge in [-0.3, -0.25) is 0 Å².